The fourth-order valence-corrected chi connectivity index (χ4v) is 4.89. The van der Waals surface area contributed by atoms with Crippen molar-refractivity contribution >= 4 is 27.5 Å². The molecule has 1 aliphatic rings. The Kier molecular flexibility index (Phi) is 8.82. The van der Waals surface area contributed by atoms with Crippen molar-refractivity contribution in [2.45, 2.75) is 39.8 Å². The molecule has 1 fully saturated rings. The van der Waals surface area contributed by atoms with Gasteiger partial charge in [-0.2, -0.15) is 4.31 Å². The van der Waals surface area contributed by atoms with Crippen LogP contribution in [0.5, 0.6) is 0 Å². The van der Waals surface area contributed by atoms with Gasteiger partial charge in [-0.3, -0.25) is 14.5 Å². The third-order valence-corrected chi connectivity index (χ3v) is 7.98. The van der Waals surface area contributed by atoms with Crippen LogP contribution in [-0.2, 0) is 16.6 Å². The van der Waals surface area contributed by atoms with Gasteiger partial charge in [0.25, 0.3) is 11.8 Å². The standard InChI is InChI=1S/C25H34N4O4S/c1-4-19(3)26-25(31)22-11-6-7-12-23(22)27-24(30)21-10-8-9-20(17-21)18-28-13-15-29(16-14-28)34(32,33)5-2/h6-12,17,19H,4-5,13-16,18H2,1-3H3,(H,26,31)(H,27,30). The zero-order chi connectivity index (χ0) is 24.7. The Hall–Kier alpha value is -2.75. The van der Waals surface area contributed by atoms with Crippen LogP contribution < -0.4 is 10.6 Å². The van der Waals surface area contributed by atoms with Crippen molar-refractivity contribution in [2.24, 2.45) is 0 Å². The number of hydrogen-bond donors (Lipinski definition) is 2. The van der Waals surface area contributed by atoms with Gasteiger partial charge in [0, 0.05) is 44.3 Å². The van der Waals surface area contributed by atoms with Gasteiger partial charge >= 0.3 is 0 Å². The molecule has 0 bridgehead atoms. The summed E-state index contributed by atoms with van der Waals surface area (Å²) in [6, 6.07) is 14.4. The number of para-hydroxylation sites is 1. The van der Waals surface area contributed by atoms with Gasteiger partial charge in [0.05, 0.1) is 17.0 Å². The van der Waals surface area contributed by atoms with E-state index in [-0.39, 0.29) is 23.6 Å². The molecule has 2 N–H and O–H groups in total. The number of sulfonamides is 1. The van der Waals surface area contributed by atoms with Gasteiger partial charge in [-0.05, 0) is 50.1 Å². The van der Waals surface area contributed by atoms with E-state index in [1.807, 2.05) is 32.0 Å². The maximum atomic E-state index is 13.0. The largest absolute Gasteiger partial charge is 0.350 e. The minimum atomic E-state index is -3.16. The second-order valence-corrected chi connectivity index (χ2v) is 10.8. The van der Waals surface area contributed by atoms with E-state index in [9.17, 15) is 18.0 Å². The lowest BCUT2D eigenvalue weighted by Crippen LogP contribution is -2.48. The van der Waals surface area contributed by atoms with E-state index in [2.05, 4.69) is 15.5 Å². The van der Waals surface area contributed by atoms with Crippen molar-refractivity contribution in [3.63, 3.8) is 0 Å². The quantitative estimate of drug-likeness (QED) is 0.568. The fourth-order valence-electron chi connectivity index (χ4n) is 3.81. The van der Waals surface area contributed by atoms with Crippen LogP contribution in [0.15, 0.2) is 48.5 Å². The van der Waals surface area contributed by atoms with Crippen molar-refractivity contribution in [3.05, 3.63) is 65.2 Å². The van der Waals surface area contributed by atoms with E-state index in [1.165, 1.54) is 0 Å². The van der Waals surface area contributed by atoms with Gasteiger partial charge in [-0.1, -0.05) is 31.2 Å². The van der Waals surface area contributed by atoms with Gasteiger partial charge in [0.2, 0.25) is 10.0 Å². The second kappa shape index (κ2) is 11.6. The van der Waals surface area contributed by atoms with E-state index in [0.717, 1.165) is 12.0 Å². The molecule has 1 atom stereocenters. The molecule has 0 spiro atoms. The van der Waals surface area contributed by atoms with E-state index in [1.54, 1.807) is 41.6 Å². The predicted octanol–water partition coefficient (Wildman–Crippen LogP) is 2.93. The molecule has 8 nitrogen and oxygen atoms in total. The summed E-state index contributed by atoms with van der Waals surface area (Å²) in [5, 5.41) is 5.81. The minimum Gasteiger partial charge on any atom is -0.350 e. The summed E-state index contributed by atoms with van der Waals surface area (Å²) in [5.41, 5.74) is 2.36. The smallest absolute Gasteiger partial charge is 0.255 e. The molecule has 1 unspecified atom stereocenters. The number of amides is 2. The number of piperazine rings is 1. The molecular formula is C25H34N4O4S. The average Bonchev–Trinajstić information content (AvgIpc) is 2.84. The Morgan fingerprint density at radius 3 is 2.35 bits per heavy atom. The van der Waals surface area contributed by atoms with Crippen molar-refractivity contribution in [2.75, 3.05) is 37.2 Å². The lowest BCUT2D eigenvalue weighted by atomic mass is 10.1. The molecule has 0 saturated carbocycles. The third-order valence-electron chi connectivity index (χ3n) is 6.09. The van der Waals surface area contributed by atoms with Crippen LogP contribution in [0.3, 0.4) is 0 Å². The SMILES string of the molecule is CCC(C)NC(=O)c1ccccc1NC(=O)c1cccc(CN2CCN(S(=O)(=O)CC)CC2)c1. The Morgan fingerprint density at radius 2 is 1.68 bits per heavy atom. The van der Waals surface area contributed by atoms with E-state index in [0.29, 0.717) is 49.5 Å². The summed E-state index contributed by atoms with van der Waals surface area (Å²) in [7, 11) is -3.16. The first-order valence-corrected chi connectivity index (χ1v) is 13.3. The molecule has 1 aliphatic heterocycles. The van der Waals surface area contributed by atoms with Crippen LogP contribution in [0.4, 0.5) is 5.69 Å². The Bertz CT molecular complexity index is 1110. The Balaban J connectivity index is 1.65. The van der Waals surface area contributed by atoms with Crippen LogP contribution in [0.1, 0.15) is 53.5 Å². The van der Waals surface area contributed by atoms with E-state index in [4.69, 9.17) is 0 Å². The first-order valence-electron chi connectivity index (χ1n) is 11.7. The topological polar surface area (TPSA) is 98.8 Å². The predicted molar refractivity (Wildman–Crippen MR) is 134 cm³/mol. The molecule has 2 aromatic carbocycles. The monoisotopic (exact) mass is 486 g/mol. The molecular weight excluding hydrogens is 452 g/mol. The Labute approximate surface area is 202 Å². The Morgan fingerprint density at radius 1 is 0.971 bits per heavy atom. The number of benzene rings is 2. The van der Waals surface area contributed by atoms with Crippen LogP contribution in [-0.4, -0.2) is 67.4 Å². The summed E-state index contributed by atoms with van der Waals surface area (Å²) in [6.45, 7) is 8.48. The summed E-state index contributed by atoms with van der Waals surface area (Å²) in [5.74, 6) is -0.389. The van der Waals surface area contributed by atoms with Gasteiger partial charge in [-0.15, -0.1) is 0 Å². The normalized spacial score (nSPS) is 16.1. The van der Waals surface area contributed by atoms with Gasteiger partial charge in [0.15, 0.2) is 0 Å². The van der Waals surface area contributed by atoms with Gasteiger partial charge in [-0.25, -0.2) is 8.42 Å². The number of nitrogens with one attached hydrogen (secondary N) is 2. The molecule has 0 aromatic heterocycles. The zero-order valence-electron chi connectivity index (χ0n) is 20.1. The number of hydrogen-bond acceptors (Lipinski definition) is 5. The molecule has 0 aliphatic carbocycles. The molecule has 1 saturated heterocycles. The van der Waals surface area contributed by atoms with Crippen molar-refractivity contribution in [3.8, 4) is 0 Å². The fraction of sp³-hybridized carbons (Fsp3) is 0.440. The minimum absolute atomic E-state index is 0.0388. The maximum Gasteiger partial charge on any atom is 0.255 e. The number of carbonyl (C=O) groups is 2. The maximum absolute atomic E-state index is 13.0. The number of anilines is 1. The highest BCUT2D eigenvalue weighted by Gasteiger charge is 2.25. The lowest BCUT2D eigenvalue weighted by Gasteiger charge is -2.33. The van der Waals surface area contributed by atoms with E-state index < -0.39 is 10.0 Å². The third kappa shape index (κ3) is 6.65. The van der Waals surface area contributed by atoms with Crippen molar-refractivity contribution in [1.29, 1.82) is 0 Å². The highest BCUT2D eigenvalue weighted by atomic mass is 32.2. The van der Waals surface area contributed by atoms with Crippen LogP contribution >= 0.6 is 0 Å². The van der Waals surface area contributed by atoms with Crippen LogP contribution in [0.2, 0.25) is 0 Å². The first kappa shape index (κ1) is 25.9. The van der Waals surface area contributed by atoms with Crippen molar-refractivity contribution in [1.82, 2.24) is 14.5 Å². The average molecular weight is 487 g/mol. The van der Waals surface area contributed by atoms with E-state index >= 15 is 0 Å². The van der Waals surface area contributed by atoms with Crippen LogP contribution in [0, 0.1) is 0 Å². The van der Waals surface area contributed by atoms with Gasteiger partial charge < -0.3 is 10.6 Å². The summed E-state index contributed by atoms with van der Waals surface area (Å²) in [4.78, 5) is 27.8. The zero-order valence-corrected chi connectivity index (χ0v) is 20.9. The van der Waals surface area contributed by atoms with Crippen LogP contribution in [0.25, 0.3) is 0 Å². The molecule has 34 heavy (non-hydrogen) atoms. The lowest BCUT2D eigenvalue weighted by molar-refractivity contribution is 0.0940. The van der Waals surface area contributed by atoms with Crippen molar-refractivity contribution < 1.29 is 18.0 Å². The molecule has 3 rings (SSSR count). The highest BCUT2D eigenvalue weighted by molar-refractivity contribution is 7.89. The summed E-state index contributed by atoms with van der Waals surface area (Å²) < 4.78 is 25.7. The second-order valence-electron chi connectivity index (χ2n) is 8.56. The molecule has 184 valence electrons. The molecule has 9 heteroatoms. The molecule has 2 aromatic rings. The number of carbonyl (C=O) groups excluding carboxylic acids is 2. The molecule has 1 heterocycles. The number of rotatable bonds is 9. The summed E-state index contributed by atoms with van der Waals surface area (Å²) >= 11 is 0. The molecule has 2 amide bonds. The highest BCUT2D eigenvalue weighted by Crippen LogP contribution is 2.18. The summed E-state index contributed by atoms with van der Waals surface area (Å²) in [6.07, 6.45) is 0.816. The molecule has 0 radical (unpaired) electrons. The first-order chi connectivity index (χ1) is 16.2. The number of nitrogens with zero attached hydrogens (tertiary/aromatic N) is 2. The van der Waals surface area contributed by atoms with Gasteiger partial charge in [0.1, 0.15) is 0 Å².